The van der Waals surface area contributed by atoms with E-state index in [0.29, 0.717) is 5.92 Å². The van der Waals surface area contributed by atoms with Gasteiger partial charge in [0.05, 0.1) is 13.0 Å². The SMILES string of the molecule is COC(=O)C1C=C(C)C(C2CCN(C/C(C)=C/c3c(Br)ccnc3C)CC2)=CC1. The van der Waals surface area contributed by atoms with E-state index < -0.39 is 0 Å². The van der Waals surface area contributed by atoms with Crippen molar-refractivity contribution < 1.29 is 9.53 Å². The highest BCUT2D eigenvalue weighted by Crippen LogP contribution is 2.34. The van der Waals surface area contributed by atoms with Crippen LogP contribution >= 0.6 is 15.9 Å². The Morgan fingerprint density at radius 1 is 1.34 bits per heavy atom. The Morgan fingerprint density at radius 2 is 2.07 bits per heavy atom. The summed E-state index contributed by atoms with van der Waals surface area (Å²) >= 11 is 3.64. The number of esters is 1. The zero-order valence-electron chi connectivity index (χ0n) is 17.9. The van der Waals surface area contributed by atoms with Crippen LogP contribution in [0.15, 0.2) is 45.6 Å². The Morgan fingerprint density at radius 3 is 2.69 bits per heavy atom. The maximum absolute atomic E-state index is 11.8. The molecule has 0 N–H and O–H groups in total. The largest absolute Gasteiger partial charge is 0.469 e. The molecule has 0 amide bonds. The van der Waals surface area contributed by atoms with Gasteiger partial charge >= 0.3 is 5.97 Å². The van der Waals surface area contributed by atoms with Gasteiger partial charge in [-0.25, -0.2) is 0 Å². The molecule has 0 saturated carbocycles. The molecule has 1 atom stereocenters. The third kappa shape index (κ3) is 5.46. The van der Waals surface area contributed by atoms with Gasteiger partial charge in [-0.15, -0.1) is 0 Å². The Hall–Kier alpha value is -1.72. The minimum atomic E-state index is -0.132. The van der Waals surface area contributed by atoms with Gasteiger partial charge in [0.25, 0.3) is 0 Å². The minimum absolute atomic E-state index is 0.119. The van der Waals surface area contributed by atoms with Crippen LogP contribution in [0.2, 0.25) is 0 Å². The number of aryl methyl sites for hydroxylation is 1. The molecule has 1 aromatic heterocycles. The van der Waals surface area contributed by atoms with Gasteiger partial charge in [0.15, 0.2) is 0 Å². The Bertz CT molecular complexity index is 828. The second-order valence-electron chi connectivity index (χ2n) is 8.21. The molecule has 0 aromatic carbocycles. The van der Waals surface area contributed by atoms with E-state index in [0.717, 1.165) is 36.2 Å². The summed E-state index contributed by atoms with van der Waals surface area (Å²) in [6.45, 7) is 9.59. The van der Waals surface area contributed by atoms with Crippen molar-refractivity contribution in [1.82, 2.24) is 9.88 Å². The summed E-state index contributed by atoms with van der Waals surface area (Å²) in [5, 5.41) is 0. The van der Waals surface area contributed by atoms with Crippen LogP contribution in [0.25, 0.3) is 6.08 Å². The third-order valence-electron chi connectivity index (χ3n) is 6.03. The number of carbonyl (C=O) groups excluding carboxylic acids is 1. The summed E-state index contributed by atoms with van der Waals surface area (Å²) in [5.74, 6) is 0.346. The molecule has 5 heteroatoms. The van der Waals surface area contributed by atoms with E-state index in [4.69, 9.17) is 4.74 Å². The Kier molecular flexibility index (Phi) is 7.47. The highest BCUT2D eigenvalue weighted by molar-refractivity contribution is 9.10. The summed E-state index contributed by atoms with van der Waals surface area (Å²) in [6.07, 6.45) is 11.6. The number of nitrogens with zero attached hydrogens (tertiary/aromatic N) is 2. The molecule has 29 heavy (non-hydrogen) atoms. The van der Waals surface area contributed by atoms with Crippen molar-refractivity contribution in [2.45, 2.75) is 40.0 Å². The molecule has 1 aromatic rings. The maximum atomic E-state index is 11.8. The molecule has 1 aliphatic carbocycles. The van der Waals surface area contributed by atoms with E-state index >= 15 is 0 Å². The van der Waals surface area contributed by atoms with E-state index in [1.165, 1.54) is 42.2 Å². The topological polar surface area (TPSA) is 42.4 Å². The molecule has 3 rings (SSSR count). The number of hydrogen-bond donors (Lipinski definition) is 0. The quantitative estimate of drug-likeness (QED) is 0.558. The normalized spacial score (nSPS) is 21.6. The Labute approximate surface area is 182 Å². The number of allylic oxidation sites excluding steroid dienone is 3. The van der Waals surface area contributed by atoms with E-state index in [1.807, 2.05) is 19.2 Å². The average Bonchev–Trinajstić information content (AvgIpc) is 2.71. The molecular formula is C24H31BrN2O2. The lowest BCUT2D eigenvalue weighted by Gasteiger charge is -2.35. The van der Waals surface area contributed by atoms with Crippen LogP contribution < -0.4 is 0 Å². The molecule has 1 aliphatic heterocycles. The number of methoxy groups -OCH3 is 1. The summed E-state index contributed by atoms with van der Waals surface area (Å²) < 4.78 is 5.99. The average molecular weight is 459 g/mol. The first kappa shape index (κ1) is 22.0. The van der Waals surface area contributed by atoms with E-state index in [1.54, 1.807) is 0 Å². The van der Waals surface area contributed by atoms with E-state index in [9.17, 15) is 4.79 Å². The van der Waals surface area contributed by atoms with Crippen molar-refractivity contribution in [3.8, 4) is 0 Å². The lowest BCUT2D eigenvalue weighted by Crippen LogP contribution is -2.35. The van der Waals surface area contributed by atoms with Gasteiger partial charge in [-0.05, 0) is 70.7 Å². The van der Waals surface area contributed by atoms with Gasteiger partial charge in [-0.2, -0.15) is 0 Å². The van der Waals surface area contributed by atoms with Crippen molar-refractivity contribution in [2.75, 3.05) is 26.7 Å². The van der Waals surface area contributed by atoms with E-state index in [-0.39, 0.29) is 11.9 Å². The molecule has 2 aliphatic rings. The lowest BCUT2D eigenvalue weighted by atomic mass is 9.80. The molecule has 4 nitrogen and oxygen atoms in total. The molecular weight excluding hydrogens is 428 g/mol. The molecule has 0 bridgehead atoms. The smallest absolute Gasteiger partial charge is 0.312 e. The first-order valence-electron chi connectivity index (χ1n) is 10.4. The zero-order valence-corrected chi connectivity index (χ0v) is 19.5. The molecule has 0 radical (unpaired) electrons. The second-order valence-corrected chi connectivity index (χ2v) is 9.06. The van der Waals surface area contributed by atoms with Crippen LogP contribution in [0, 0.1) is 18.8 Å². The number of halogens is 1. The van der Waals surface area contributed by atoms with Gasteiger partial charge in [-0.1, -0.05) is 45.3 Å². The maximum Gasteiger partial charge on any atom is 0.312 e. The predicted molar refractivity (Wildman–Crippen MR) is 121 cm³/mol. The standard InChI is InChI=1S/C24H31BrN2O2/c1-16(13-22-18(3)26-10-7-23(22)25)15-27-11-8-19(9-12-27)21-6-5-20(14-17(21)2)24(28)29-4/h6-7,10,13-14,19-20H,5,8-9,11-12,15H2,1-4H3/b16-13+. The summed E-state index contributed by atoms with van der Waals surface area (Å²) in [4.78, 5) is 18.7. The van der Waals surface area contributed by atoms with Gasteiger partial charge < -0.3 is 4.74 Å². The molecule has 1 unspecified atom stereocenters. The molecule has 1 saturated heterocycles. The molecule has 0 spiro atoms. The van der Waals surface area contributed by atoms with Gasteiger partial charge in [0.2, 0.25) is 0 Å². The summed E-state index contributed by atoms with van der Waals surface area (Å²) in [7, 11) is 1.46. The van der Waals surface area contributed by atoms with Gasteiger partial charge in [-0.3, -0.25) is 14.7 Å². The Balaban J connectivity index is 1.56. The number of hydrogen-bond acceptors (Lipinski definition) is 4. The lowest BCUT2D eigenvalue weighted by molar-refractivity contribution is -0.143. The molecule has 2 heterocycles. The van der Waals surface area contributed by atoms with Crippen LogP contribution in [0.3, 0.4) is 0 Å². The predicted octanol–water partition coefficient (Wildman–Crippen LogP) is 5.33. The number of carbonyl (C=O) groups is 1. The van der Waals surface area contributed by atoms with Crippen molar-refractivity contribution >= 4 is 28.0 Å². The van der Waals surface area contributed by atoms with Crippen molar-refractivity contribution in [3.05, 3.63) is 56.9 Å². The van der Waals surface area contributed by atoms with Crippen molar-refractivity contribution in [3.63, 3.8) is 0 Å². The van der Waals surface area contributed by atoms with E-state index in [2.05, 4.69) is 57.9 Å². The fraction of sp³-hybridized carbons (Fsp3) is 0.500. The molecule has 156 valence electrons. The summed E-state index contributed by atoms with van der Waals surface area (Å²) in [6, 6.07) is 2.00. The fourth-order valence-corrected chi connectivity index (χ4v) is 4.97. The van der Waals surface area contributed by atoms with Crippen LogP contribution in [-0.2, 0) is 9.53 Å². The van der Waals surface area contributed by atoms with Crippen molar-refractivity contribution in [2.24, 2.45) is 11.8 Å². The number of rotatable bonds is 5. The zero-order chi connectivity index (χ0) is 21.0. The second kappa shape index (κ2) is 9.86. The number of ether oxygens (including phenoxy) is 1. The van der Waals surface area contributed by atoms with Gasteiger partial charge in [0.1, 0.15) is 0 Å². The van der Waals surface area contributed by atoms with Crippen molar-refractivity contribution in [1.29, 1.82) is 0 Å². The molecule has 1 fully saturated rings. The monoisotopic (exact) mass is 458 g/mol. The number of likely N-dealkylation sites (tertiary alicyclic amines) is 1. The number of pyridine rings is 1. The summed E-state index contributed by atoms with van der Waals surface area (Å²) in [5.41, 5.74) is 6.27. The van der Waals surface area contributed by atoms with Crippen LogP contribution in [0.5, 0.6) is 0 Å². The fourth-order valence-electron chi connectivity index (χ4n) is 4.45. The first-order valence-corrected chi connectivity index (χ1v) is 11.2. The van der Waals surface area contributed by atoms with Crippen LogP contribution in [0.4, 0.5) is 0 Å². The minimum Gasteiger partial charge on any atom is -0.469 e. The highest BCUT2D eigenvalue weighted by atomic mass is 79.9. The number of aromatic nitrogens is 1. The van der Waals surface area contributed by atoms with Gasteiger partial charge in [0, 0.05) is 28.5 Å². The van der Waals surface area contributed by atoms with Crippen LogP contribution in [-0.4, -0.2) is 42.6 Å². The third-order valence-corrected chi connectivity index (χ3v) is 6.72. The number of piperidine rings is 1. The first-order chi connectivity index (χ1) is 13.9. The highest BCUT2D eigenvalue weighted by Gasteiger charge is 2.27. The van der Waals surface area contributed by atoms with Crippen LogP contribution in [0.1, 0.15) is 44.4 Å².